The lowest BCUT2D eigenvalue weighted by molar-refractivity contribution is 0.0709. The molecule has 0 radical (unpaired) electrons. The number of H-pyrrole nitrogens is 1. The van der Waals surface area contributed by atoms with Crippen molar-refractivity contribution in [1.82, 2.24) is 14.7 Å². The molecular weight excluding hydrogens is 486 g/mol. The normalized spacial score (nSPS) is 11.4. The van der Waals surface area contributed by atoms with Crippen molar-refractivity contribution in [2.75, 3.05) is 13.1 Å². The van der Waals surface area contributed by atoms with E-state index in [0.29, 0.717) is 29.9 Å². The van der Waals surface area contributed by atoms with E-state index in [1.165, 1.54) is 4.68 Å². The summed E-state index contributed by atoms with van der Waals surface area (Å²) in [5, 5.41) is 3.20. The van der Waals surface area contributed by atoms with Crippen LogP contribution in [0.25, 0.3) is 16.9 Å². The largest absolute Gasteiger partial charge is 0.331 e. The number of amides is 1. The van der Waals surface area contributed by atoms with E-state index >= 15 is 0 Å². The molecule has 0 bridgehead atoms. The number of ketones is 1. The first kappa shape index (κ1) is 27.8. The third-order valence-corrected chi connectivity index (χ3v) is 6.96. The number of nitrogens with zero attached hydrogens (tertiary/aromatic N) is 2. The molecule has 0 atom stereocenters. The number of nitrogens with one attached hydrogen (secondary N) is 1. The molecule has 4 aromatic rings. The highest BCUT2D eigenvalue weighted by Crippen LogP contribution is 2.24. The van der Waals surface area contributed by atoms with Gasteiger partial charge in [-0.3, -0.25) is 19.5 Å². The summed E-state index contributed by atoms with van der Waals surface area (Å²) in [6, 6.07) is 24.6. The van der Waals surface area contributed by atoms with Crippen LogP contribution in [0.2, 0.25) is 0 Å². The molecule has 0 spiro atoms. The van der Waals surface area contributed by atoms with E-state index in [-0.39, 0.29) is 23.4 Å². The van der Waals surface area contributed by atoms with Crippen LogP contribution in [0.3, 0.4) is 0 Å². The van der Waals surface area contributed by atoms with Gasteiger partial charge in [-0.05, 0) is 47.6 Å². The highest BCUT2D eigenvalue weighted by molar-refractivity contribution is 6.05. The van der Waals surface area contributed by atoms with Crippen molar-refractivity contribution >= 4 is 11.7 Å². The molecule has 0 unspecified atom stereocenters. The monoisotopic (exact) mass is 523 g/mol. The summed E-state index contributed by atoms with van der Waals surface area (Å²) >= 11 is 0. The highest BCUT2D eigenvalue weighted by atomic mass is 16.2. The number of aromatic amines is 1. The van der Waals surface area contributed by atoms with E-state index in [1.807, 2.05) is 92.7 Å². The van der Waals surface area contributed by atoms with E-state index in [9.17, 15) is 14.4 Å². The number of hydrogen-bond donors (Lipinski definition) is 1. The second kappa shape index (κ2) is 11.7. The lowest BCUT2D eigenvalue weighted by atomic mass is 9.86. The first-order valence-electron chi connectivity index (χ1n) is 13.6. The van der Waals surface area contributed by atoms with Crippen molar-refractivity contribution < 1.29 is 9.59 Å². The zero-order valence-corrected chi connectivity index (χ0v) is 23.5. The SMILES string of the molecule is CCCN(CC(=O)c1c(-c2ccccc2)[nH]n(-c2ccccc2CC)c1=O)C(=O)c1ccc(C(C)(C)C)cc1. The fourth-order valence-corrected chi connectivity index (χ4v) is 4.78. The zero-order valence-electron chi connectivity index (χ0n) is 23.5. The minimum atomic E-state index is -0.418. The molecule has 39 heavy (non-hydrogen) atoms. The van der Waals surface area contributed by atoms with Crippen LogP contribution in [0.4, 0.5) is 0 Å². The molecule has 0 fully saturated rings. The van der Waals surface area contributed by atoms with Crippen molar-refractivity contribution in [3.63, 3.8) is 0 Å². The summed E-state index contributed by atoms with van der Waals surface area (Å²) in [4.78, 5) is 42.7. The third-order valence-electron chi connectivity index (χ3n) is 6.96. The van der Waals surface area contributed by atoms with Crippen LogP contribution in [0.15, 0.2) is 83.7 Å². The Morgan fingerprint density at radius 3 is 2.13 bits per heavy atom. The van der Waals surface area contributed by atoms with Crippen molar-refractivity contribution in [1.29, 1.82) is 0 Å². The first-order valence-corrected chi connectivity index (χ1v) is 13.6. The van der Waals surface area contributed by atoms with Gasteiger partial charge in [0.05, 0.1) is 17.9 Å². The molecular formula is C33H37N3O3. The van der Waals surface area contributed by atoms with E-state index in [4.69, 9.17) is 0 Å². The lowest BCUT2D eigenvalue weighted by Gasteiger charge is -2.23. The Morgan fingerprint density at radius 2 is 1.51 bits per heavy atom. The zero-order chi connectivity index (χ0) is 28.2. The maximum Gasteiger partial charge on any atom is 0.282 e. The first-order chi connectivity index (χ1) is 18.7. The molecule has 202 valence electrons. The van der Waals surface area contributed by atoms with Gasteiger partial charge in [0, 0.05) is 17.7 Å². The molecule has 6 heteroatoms. The number of para-hydroxylation sites is 1. The molecule has 0 saturated heterocycles. The average molecular weight is 524 g/mol. The van der Waals surface area contributed by atoms with Gasteiger partial charge in [0.1, 0.15) is 5.56 Å². The van der Waals surface area contributed by atoms with Gasteiger partial charge >= 0.3 is 0 Å². The van der Waals surface area contributed by atoms with Crippen LogP contribution < -0.4 is 5.56 Å². The van der Waals surface area contributed by atoms with Crippen LogP contribution in [-0.2, 0) is 11.8 Å². The molecule has 0 aliphatic carbocycles. The number of hydrogen-bond acceptors (Lipinski definition) is 3. The van der Waals surface area contributed by atoms with Crippen molar-refractivity contribution in [3.8, 4) is 16.9 Å². The predicted octanol–water partition coefficient (Wildman–Crippen LogP) is 6.43. The lowest BCUT2D eigenvalue weighted by Crippen LogP contribution is -2.37. The Morgan fingerprint density at radius 1 is 0.872 bits per heavy atom. The van der Waals surface area contributed by atoms with E-state index in [2.05, 4.69) is 25.9 Å². The van der Waals surface area contributed by atoms with Crippen molar-refractivity contribution in [2.24, 2.45) is 0 Å². The number of carbonyl (C=O) groups excluding carboxylic acids is 2. The smallest absolute Gasteiger partial charge is 0.282 e. The second-order valence-corrected chi connectivity index (χ2v) is 10.8. The Hall–Kier alpha value is -4.19. The number of carbonyl (C=O) groups is 2. The summed E-state index contributed by atoms with van der Waals surface area (Å²) < 4.78 is 1.45. The van der Waals surface area contributed by atoms with E-state index in [1.54, 1.807) is 4.90 Å². The summed E-state index contributed by atoms with van der Waals surface area (Å²) in [7, 11) is 0. The quantitative estimate of drug-likeness (QED) is 0.257. The van der Waals surface area contributed by atoms with Crippen LogP contribution in [-0.4, -0.2) is 39.5 Å². The van der Waals surface area contributed by atoms with Gasteiger partial charge in [-0.15, -0.1) is 0 Å². The minimum Gasteiger partial charge on any atom is -0.331 e. The topological polar surface area (TPSA) is 75.2 Å². The third kappa shape index (κ3) is 5.95. The highest BCUT2D eigenvalue weighted by Gasteiger charge is 2.27. The number of aryl methyl sites for hydroxylation is 1. The van der Waals surface area contributed by atoms with Gasteiger partial charge in [-0.2, -0.15) is 0 Å². The number of Topliss-reactive ketones (excluding diaryl/α,β-unsaturated/α-hetero) is 1. The number of benzene rings is 3. The predicted molar refractivity (Wildman–Crippen MR) is 157 cm³/mol. The summed E-state index contributed by atoms with van der Waals surface area (Å²) in [5.74, 6) is -0.616. The van der Waals surface area contributed by atoms with Gasteiger partial charge in [0.25, 0.3) is 11.5 Å². The molecule has 0 saturated carbocycles. The molecule has 4 rings (SSSR count). The molecule has 1 heterocycles. The van der Waals surface area contributed by atoms with Crippen LogP contribution in [0, 0.1) is 0 Å². The fourth-order valence-electron chi connectivity index (χ4n) is 4.78. The molecule has 1 aromatic heterocycles. The fraction of sp³-hybridized carbons (Fsp3) is 0.303. The summed E-state index contributed by atoms with van der Waals surface area (Å²) in [6.07, 6.45) is 1.42. The van der Waals surface area contributed by atoms with Crippen molar-refractivity contribution in [2.45, 2.75) is 52.9 Å². The van der Waals surface area contributed by atoms with Crippen LogP contribution in [0.5, 0.6) is 0 Å². The van der Waals surface area contributed by atoms with Gasteiger partial charge in [-0.1, -0.05) is 95.3 Å². The number of aromatic nitrogens is 2. The molecule has 0 aliphatic heterocycles. The average Bonchev–Trinajstić information content (AvgIpc) is 3.29. The Bertz CT molecular complexity index is 1510. The van der Waals surface area contributed by atoms with Crippen molar-refractivity contribution in [3.05, 3.63) is 111 Å². The Labute approximate surface area is 230 Å². The molecule has 0 aliphatic rings. The molecule has 1 amide bonds. The Kier molecular flexibility index (Phi) is 8.34. The van der Waals surface area contributed by atoms with Gasteiger partial charge < -0.3 is 4.90 Å². The minimum absolute atomic E-state index is 0.0287. The summed E-state index contributed by atoms with van der Waals surface area (Å²) in [5.41, 5.74) is 4.15. The standard InChI is InChI=1S/C33H37N3O3/c1-6-21-35(31(38)25-17-19-26(20-18-25)33(3,4)5)22-28(37)29-30(24-14-9-8-10-15-24)34-36(32(29)39)27-16-12-11-13-23(27)7-2/h8-20,34H,6-7,21-22H2,1-5H3. The van der Waals surface area contributed by atoms with Gasteiger partial charge in [0.15, 0.2) is 5.78 Å². The summed E-state index contributed by atoms with van der Waals surface area (Å²) in [6.45, 7) is 10.6. The maximum atomic E-state index is 13.8. The molecule has 1 N–H and O–H groups in total. The second-order valence-electron chi connectivity index (χ2n) is 10.8. The van der Waals surface area contributed by atoms with E-state index < -0.39 is 11.3 Å². The molecule has 6 nitrogen and oxygen atoms in total. The van der Waals surface area contributed by atoms with Gasteiger partial charge in [0.2, 0.25) is 0 Å². The van der Waals surface area contributed by atoms with Gasteiger partial charge in [-0.25, -0.2) is 4.68 Å². The maximum absolute atomic E-state index is 13.8. The molecule has 3 aromatic carbocycles. The van der Waals surface area contributed by atoms with E-state index in [0.717, 1.165) is 23.1 Å². The number of rotatable bonds is 9. The van der Waals surface area contributed by atoms with Crippen LogP contribution in [0.1, 0.15) is 72.9 Å². The van der Waals surface area contributed by atoms with Crippen LogP contribution >= 0.6 is 0 Å². The Balaban J connectivity index is 1.73.